The van der Waals surface area contributed by atoms with Crippen molar-refractivity contribution in [2.75, 3.05) is 12.5 Å². The Bertz CT molecular complexity index is 569. The molecule has 5 heteroatoms. The molecule has 21 heavy (non-hydrogen) atoms. The van der Waals surface area contributed by atoms with Crippen molar-refractivity contribution in [3.63, 3.8) is 0 Å². The van der Waals surface area contributed by atoms with Gasteiger partial charge in [0.25, 0.3) is 0 Å². The van der Waals surface area contributed by atoms with Gasteiger partial charge in [-0.1, -0.05) is 36.3 Å². The first kappa shape index (κ1) is 18.3. The molecule has 1 aromatic carbocycles. The van der Waals surface area contributed by atoms with Crippen LogP contribution in [0.15, 0.2) is 30.3 Å². The highest BCUT2D eigenvalue weighted by atomic mass is 35.5. The van der Waals surface area contributed by atoms with E-state index < -0.39 is 12.7 Å². The molecule has 0 aromatic heterocycles. The summed E-state index contributed by atoms with van der Waals surface area (Å²) in [6.45, 7) is 7.60. The molecular weight excluding hydrogens is 307 g/mol. The van der Waals surface area contributed by atoms with Crippen molar-refractivity contribution in [2.24, 2.45) is 5.41 Å². The van der Waals surface area contributed by atoms with E-state index in [4.69, 9.17) is 16.1 Å². The molecule has 0 spiro atoms. The van der Waals surface area contributed by atoms with Crippen LogP contribution in [-0.2, 0) is 14.4 Å². The van der Waals surface area contributed by atoms with Crippen molar-refractivity contribution in [1.29, 1.82) is 0 Å². The monoisotopic (exact) mass is 328 g/mol. The van der Waals surface area contributed by atoms with E-state index in [1.54, 1.807) is 31.2 Å². The molecule has 2 atom stereocenters. The SMILES string of the molecule is CCO[P@@](=O)(C#CC(C)(C)C)[C@@](O)(CCl)c1ccccc1. The van der Waals surface area contributed by atoms with Gasteiger partial charge in [0.15, 0.2) is 5.34 Å². The summed E-state index contributed by atoms with van der Waals surface area (Å²) in [5.74, 6) is 2.64. The van der Waals surface area contributed by atoms with Crippen LogP contribution in [0.4, 0.5) is 0 Å². The van der Waals surface area contributed by atoms with Gasteiger partial charge in [-0.05, 0) is 38.9 Å². The quantitative estimate of drug-likeness (QED) is 0.495. The van der Waals surface area contributed by atoms with Gasteiger partial charge in [0.05, 0.1) is 12.5 Å². The molecule has 1 N–H and O–H groups in total. The largest absolute Gasteiger partial charge is 0.373 e. The molecule has 0 amide bonds. The lowest BCUT2D eigenvalue weighted by molar-refractivity contribution is 0.125. The Labute approximate surface area is 132 Å². The van der Waals surface area contributed by atoms with Gasteiger partial charge in [-0.15, -0.1) is 11.6 Å². The van der Waals surface area contributed by atoms with Crippen LogP contribution in [0.25, 0.3) is 0 Å². The predicted molar refractivity (Wildman–Crippen MR) is 87.5 cm³/mol. The molecule has 0 bridgehead atoms. The standard InChI is InChI=1S/C16H22ClO3P/c1-5-20-21(19,12-11-15(2,3)4)16(18,13-17)14-9-7-6-8-10-14/h6-10,18H,5,13H2,1-4H3/t16-,21-/m0/s1. The summed E-state index contributed by atoms with van der Waals surface area (Å²) >= 11 is 5.94. The van der Waals surface area contributed by atoms with Gasteiger partial charge < -0.3 is 9.63 Å². The molecule has 0 saturated heterocycles. The second-order valence-corrected chi connectivity index (χ2v) is 8.36. The lowest BCUT2D eigenvalue weighted by Gasteiger charge is -2.31. The highest BCUT2D eigenvalue weighted by molar-refractivity contribution is 7.65. The van der Waals surface area contributed by atoms with Gasteiger partial charge in [0.2, 0.25) is 0 Å². The van der Waals surface area contributed by atoms with Gasteiger partial charge >= 0.3 is 7.37 Å². The third kappa shape index (κ3) is 4.34. The summed E-state index contributed by atoms with van der Waals surface area (Å²) in [6.07, 6.45) is 0. The molecule has 1 rings (SSSR count). The molecule has 0 aliphatic carbocycles. The van der Waals surface area contributed by atoms with Crippen molar-refractivity contribution >= 4 is 19.0 Å². The highest BCUT2D eigenvalue weighted by Gasteiger charge is 2.48. The van der Waals surface area contributed by atoms with E-state index in [0.29, 0.717) is 5.56 Å². The first-order valence-corrected chi connectivity index (χ1v) is 8.97. The van der Waals surface area contributed by atoms with E-state index >= 15 is 0 Å². The fourth-order valence-corrected chi connectivity index (χ4v) is 4.27. The smallest absolute Gasteiger partial charge is 0.310 e. The van der Waals surface area contributed by atoms with Crippen LogP contribution in [0.5, 0.6) is 0 Å². The second kappa shape index (κ2) is 6.99. The maximum Gasteiger partial charge on any atom is 0.310 e. The number of benzene rings is 1. The summed E-state index contributed by atoms with van der Waals surface area (Å²) in [5.41, 5.74) is 2.77. The van der Waals surface area contributed by atoms with Crippen LogP contribution in [0.2, 0.25) is 0 Å². The molecule has 0 aliphatic rings. The fourth-order valence-electron chi connectivity index (χ4n) is 1.69. The molecule has 0 saturated carbocycles. The van der Waals surface area contributed by atoms with Gasteiger partial charge in [0, 0.05) is 5.41 Å². The number of alkyl halides is 1. The van der Waals surface area contributed by atoms with Gasteiger partial charge in [-0.3, -0.25) is 4.57 Å². The Morgan fingerprint density at radius 3 is 2.29 bits per heavy atom. The van der Waals surface area contributed by atoms with Crippen molar-refractivity contribution in [3.05, 3.63) is 35.9 Å². The van der Waals surface area contributed by atoms with Crippen molar-refractivity contribution < 1.29 is 14.2 Å². The van der Waals surface area contributed by atoms with Gasteiger partial charge in [-0.2, -0.15) is 0 Å². The van der Waals surface area contributed by atoms with E-state index in [1.165, 1.54) is 0 Å². The molecule has 0 unspecified atom stereocenters. The van der Waals surface area contributed by atoms with Crippen LogP contribution >= 0.6 is 19.0 Å². The maximum atomic E-state index is 13.2. The number of hydrogen-bond acceptors (Lipinski definition) is 3. The van der Waals surface area contributed by atoms with Crippen molar-refractivity contribution in [3.8, 4) is 11.6 Å². The van der Waals surface area contributed by atoms with Crippen molar-refractivity contribution in [1.82, 2.24) is 0 Å². The Kier molecular flexibility index (Phi) is 6.08. The lowest BCUT2D eigenvalue weighted by Crippen LogP contribution is -2.28. The summed E-state index contributed by atoms with van der Waals surface area (Å²) in [7, 11) is -3.70. The number of halogens is 1. The Morgan fingerprint density at radius 1 is 1.29 bits per heavy atom. The highest BCUT2D eigenvalue weighted by Crippen LogP contribution is 2.62. The first-order chi connectivity index (χ1) is 9.68. The molecule has 0 radical (unpaired) electrons. The summed E-state index contributed by atoms with van der Waals surface area (Å²) in [5, 5.41) is 9.10. The molecule has 0 heterocycles. The zero-order valence-electron chi connectivity index (χ0n) is 12.9. The van der Waals surface area contributed by atoms with E-state index in [1.807, 2.05) is 26.8 Å². The average molecular weight is 329 g/mol. The maximum absolute atomic E-state index is 13.2. The minimum absolute atomic E-state index is 0.183. The third-order valence-corrected chi connectivity index (χ3v) is 5.79. The number of aliphatic hydroxyl groups is 1. The molecule has 0 fully saturated rings. The van der Waals surface area contributed by atoms with Crippen LogP contribution in [-0.4, -0.2) is 17.6 Å². The second-order valence-electron chi connectivity index (χ2n) is 5.77. The third-order valence-electron chi connectivity index (χ3n) is 2.80. The normalized spacial score (nSPS) is 17.2. The summed E-state index contributed by atoms with van der Waals surface area (Å²) in [4.78, 5) is 0. The Balaban J connectivity index is 3.42. The van der Waals surface area contributed by atoms with Crippen LogP contribution in [0, 0.1) is 17.0 Å². The number of hydrogen-bond donors (Lipinski definition) is 1. The molecule has 3 nitrogen and oxygen atoms in total. The van der Waals surface area contributed by atoms with Crippen LogP contribution < -0.4 is 0 Å². The van der Waals surface area contributed by atoms with Crippen LogP contribution in [0.1, 0.15) is 33.3 Å². The summed E-state index contributed by atoms with van der Waals surface area (Å²) < 4.78 is 18.6. The fraction of sp³-hybridized carbons (Fsp3) is 0.500. The number of rotatable bonds is 5. The van der Waals surface area contributed by atoms with Crippen molar-refractivity contribution in [2.45, 2.75) is 33.0 Å². The summed E-state index contributed by atoms with van der Waals surface area (Å²) in [6, 6.07) is 8.66. The molecule has 0 aliphatic heterocycles. The zero-order chi connectivity index (χ0) is 16.1. The van der Waals surface area contributed by atoms with Crippen LogP contribution in [0.3, 0.4) is 0 Å². The molecular formula is C16H22ClO3P. The van der Waals surface area contributed by atoms with E-state index in [-0.39, 0.29) is 17.9 Å². The van der Waals surface area contributed by atoms with E-state index in [2.05, 4.69) is 11.6 Å². The molecule has 116 valence electrons. The topological polar surface area (TPSA) is 46.5 Å². The Morgan fingerprint density at radius 2 is 1.86 bits per heavy atom. The van der Waals surface area contributed by atoms with E-state index in [9.17, 15) is 9.67 Å². The molecule has 1 aromatic rings. The average Bonchev–Trinajstić information content (AvgIpc) is 2.44. The Hall–Kier alpha value is -0.780. The van der Waals surface area contributed by atoms with E-state index in [0.717, 1.165) is 0 Å². The van der Waals surface area contributed by atoms with Gasteiger partial charge in [-0.25, -0.2) is 0 Å². The lowest BCUT2D eigenvalue weighted by atomic mass is 9.99. The minimum atomic E-state index is -3.70. The first-order valence-electron chi connectivity index (χ1n) is 6.81. The van der Waals surface area contributed by atoms with Gasteiger partial charge in [0.1, 0.15) is 0 Å². The zero-order valence-corrected chi connectivity index (χ0v) is 14.5. The predicted octanol–water partition coefficient (Wildman–Crippen LogP) is 4.39. The minimum Gasteiger partial charge on any atom is -0.373 e.